The van der Waals surface area contributed by atoms with Gasteiger partial charge in [-0.3, -0.25) is 4.79 Å². The SMILES string of the molecule is COc1cc(CNC(C)=O)nn1C. The van der Waals surface area contributed by atoms with Gasteiger partial charge in [0.2, 0.25) is 11.8 Å². The minimum absolute atomic E-state index is 0.0652. The monoisotopic (exact) mass is 183 g/mol. The largest absolute Gasteiger partial charge is 0.481 e. The highest BCUT2D eigenvalue weighted by atomic mass is 16.5. The third-order valence-corrected chi connectivity index (χ3v) is 1.62. The normalized spacial score (nSPS) is 9.77. The summed E-state index contributed by atoms with van der Waals surface area (Å²) in [7, 11) is 3.37. The molecule has 13 heavy (non-hydrogen) atoms. The van der Waals surface area contributed by atoms with Crippen LogP contribution < -0.4 is 10.1 Å². The van der Waals surface area contributed by atoms with Crippen LogP contribution in [0.3, 0.4) is 0 Å². The second kappa shape index (κ2) is 3.93. The number of aryl methyl sites for hydroxylation is 1. The van der Waals surface area contributed by atoms with Crippen molar-refractivity contribution in [3.63, 3.8) is 0 Å². The molecule has 0 atom stereocenters. The van der Waals surface area contributed by atoms with Crippen LogP contribution in [-0.2, 0) is 18.4 Å². The van der Waals surface area contributed by atoms with Crippen LogP contribution in [0.2, 0.25) is 0 Å². The quantitative estimate of drug-likeness (QED) is 0.721. The number of nitrogens with zero attached hydrogens (tertiary/aromatic N) is 2. The lowest BCUT2D eigenvalue weighted by atomic mass is 10.4. The number of rotatable bonds is 3. The highest BCUT2D eigenvalue weighted by Crippen LogP contribution is 2.10. The fraction of sp³-hybridized carbons (Fsp3) is 0.500. The summed E-state index contributed by atoms with van der Waals surface area (Å²) in [6, 6.07) is 1.79. The van der Waals surface area contributed by atoms with Crippen LogP contribution in [0.5, 0.6) is 5.88 Å². The van der Waals surface area contributed by atoms with Gasteiger partial charge in [-0.15, -0.1) is 0 Å². The lowest BCUT2D eigenvalue weighted by Gasteiger charge is -1.96. The minimum atomic E-state index is -0.0652. The van der Waals surface area contributed by atoms with E-state index < -0.39 is 0 Å². The second-order valence-electron chi connectivity index (χ2n) is 2.71. The highest BCUT2D eigenvalue weighted by molar-refractivity contribution is 5.72. The molecule has 5 heteroatoms. The van der Waals surface area contributed by atoms with Crippen molar-refractivity contribution in [2.75, 3.05) is 7.11 Å². The van der Waals surface area contributed by atoms with Crippen molar-refractivity contribution >= 4 is 5.91 Å². The molecule has 1 N–H and O–H groups in total. The minimum Gasteiger partial charge on any atom is -0.481 e. The van der Waals surface area contributed by atoms with Crippen LogP contribution in [0.25, 0.3) is 0 Å². The van der Waals surface area contributed by atoms with Gasteiger partial charge in [-0.1, -0.05) is 0 Å². The molecule has 0 saturated heterocycles. The molecule has 1 rings (SSSR count). The molecule has 1 amide bonds. The Kier molecular flexibility index (Phi) is 2.89. The van der Waals surface area contributed by atoms with Crippen molar-refractivity contribution in [1.29, 1.82) is 0 Å². The third-order valence-electron chi connectivity index (χ3n) is 1.62. The first kappa shape index (κ1) is 9.57. The average Bonchev–Trinajstić information content (AvgIpc) is 2.43. The molecular weight excluding hydrogens is 170 g/mol. The van der Waals surface area contributed by atoms with Gasteiger partial charge in [0.05, 0.1) is 19.3 Å². The van der Waals surface area contributed by atoms with E-state index in [1.807, 2.05) is 0 Å². The average molecular weight is 183 g/mol. The summed E-state index contributed by atoms with van der Waals surface area (Å²) in [6.45, 7) is 1.91. The number of ether oxygens (including phenoxy) is 1. The molecule has 0 radical (unpaired) electrons. The van der Waals surface area contributed by atoms with Crippen molar-refractivity contribution < 1.29 is 9.53 Å². The molecule has 0 unspecified atom stereocenters. The smallest absolute Gasteiger partial charge is 0.217 e. The van der Waals surface area contributed by atoms with Gasteiger partial charge in [-0.2, -0.15) is 5.10 Å². The second-order valence-corrected chi connectivity index (χ2v) is 2.71. The fourth-order valence-corrected chi connectivity index (χ4v) is 0.999. The van der Waals surface area contributed by atoms with Gasteiger partial charge >= 0.3 is 0 Å². The molecule has 0 aliphatic carbocycles. The van der Waals surface area contributed by atoms with Crippen molar-refractivity contribution in [2.45, 2.75) is 13.5 Å². The van der Waals surface area contributed by atoms with E-state index >= 15 is 0 Å². The van der Waals surface area contributed by atoms with Crippen LogP contribution in [0.1, 0.15) is 12.6 Å². The first-order valence-corrected chi connectivity index (χ1v) is 3.95. The Hall–Kier alpha value is -1.52. The number of hydrogen-bond donors (Lipinski definition) is 1. The van der Waals surface area contributed by atoms with Crippen LogP contribution in [-0.4, -0.2) is 22.8 Å². The number of hydrogen-bond acceptors (Lipinski definition) is 3. The van der Waals surface area contributed by atoms with Gasteiger partial charge in [0, 0.05) is 20.0 Å². The molecule has 1 aromatic heterocycles. The summed E-state index contributed by atoms with van der Waals surface area (Å²) in [4.78, 5) is 10.6. The summed E-state index contributed by atoms with van der Waals surface area (Å²) >= 11 is 0. The summed E-state index contributed by atoms with van der Waals surface area (Å²) in [5, 5.41) is 6.79. The Morgan fingerprint density at radius 3 is 2.92 bits per heavy atom. The molecule has 0 saturated carbocycles. The lowest BCUT2D eigenvalue weighted by molar-refractivity contribution is -0.119. The van der Waals surface area contributed by atoms with Gasteiger partial charge in [-0.05, 0) is 0 Å². The van der Waals surface area contributed by atoms with Crippen molar-refractivity contribution in [2.24, 2.45) is 7.05 Å². The van der Waals surface area contributed by atoms with E-state index in [2.05, 4.69) is 10.4 Å². The van der Waals surface area contributed by atoms with Gasteiger partial charge in [0.25, 0.3) is 0 Å². The molecule has 0 aliphatic rings. The van der Waals surface area contributed by atoms with Crippen LogP contribution in [0, 0.1) is 0 Å². The maximum atomic E-state index is 10.6. The number of carbonyl (C=O) groups is 1. The first-order valence-electron chi connectivity index (χ1n) is 3.95. The molecule has 0 spiro atoms. The summed E-state index contributed by atoms with van der Waals surface area (Å²) < 4.78 is 6.64. The Bertz CT molecular complexity index is 306. The third kappa shape index (κ3) is 2.47. The van der Waals surface area contributed by atoms with Crippen molar-refractivity contribution in [3.8, 4) is 5.88 Å². The summed E-state index contributed by atoms with van der Waals surface area (Å²) in [5.74, 6) is 0.616. The Balaban J connectivity index is 2.62. The van der Waals surface area contributed by atoms with Gasteiger partial charge in [0.1, 0.15) is 0 Å². The van der Waals surface area contributed by atoms with Crippen LogP contribution >= 0.6 is 0 Å². The molecule has 1 aromatic rings. The molecular formula is C8H13N3O2. The van der Waals surface area contributed by atoms with E-state index in [1.165, 1.54) is 6.92 Å². The Labute approximate surface area is 76.7 Å². The fourth-order valence-electron chi connectivity index (χ4n) is 0.999. The zero-order valence-electron chi connectivity index (χ0n) is 8.00. The van der Waals surface area contributed by atoms with Crippen molar-refractivity contribution in [3.05, 3.63) is 11.8 Å². The van der Waals surface area contributed by atoms with Crippen LogP contribution in [0.4, 0.5) is 0 Å². The standard InChI is InChI=1S/C8H13N3O2/c1-6(12)9-5-7-4-8(13-3)11(2)10-7/h4H,5H2,1-3H3,(H,9,12). The number of methoxy groups -OCH3 is 1. The predicted octanol–water partition coefficient (Wildman–Crippen LogP) is 0.0648. The molecule has 72 valence electrons. The van der Waals surface area contributed by atoms with E-state index in [0.29, 0.717) is 12.4 Å². The maximum absolute atomic E-state index is 10.6. The van der Waals surface area contributed by atoms with Gasteiger partial charge < -0.3 is 10.1 Å². The van der Waals surface area contributed by atoms with E-state index in [1.54, 1.807) is 24.9 Å². The molecule has 0 aliphatic heterocycles. The summed E-state index contributed by atoms with van der Waals surface area (Å²) in [6.07, 6.45) is 0. The van der Waals surface area contributed by atoms with Crippen LogP contribution in [0.15, 0.2) is 6.07 Å². The molecule has 0 fully saturated rings. The van der Waals surface area contributed by atoms with E-state index in [-0.39, 0.29) is 5.91 Å². The molecule has 0 aromatic carbocycles. The first-order chi connectivity index (χ1) is 6.13. The topological polar surface area (TPSA) is 56.1 Å². The Morgan fingerprint density at radius 1 is 1.77 bits per heavy atom. The molecule has 5 nitrogen and oxygen atoms in total. The van der Waals surface area contributed by atoms with E-state index in [4.69, 9.17) is 4.74 Å². The Morgan fingerprint density at radius 2 is 2.46 bits per heavy atom. The zero-order chi connectivity index (χ0) is 9.84. The van der Waals surface area contributed by atoms with Crippen molar-refractivity contribution in [1.82, 2.24) is 15.1 Å². The maximum Gasteiger partial charge on any atom is 0.217 e. The summed E-state index contributed by atoms with van der Waals surface area (Å²) in [5.41, 5.74) is 0.787. The molecule has 0 bridgehead atoms. The number of carbonyl (C=O) groups excluding carboxylic acids is 1. The number of nitrogens with one attached hydrogen (secondary N) is 1. The predicted molar refractivity (Wildman–Crippen MR) is 47.3 cm³/mol. The highest BCUT2D eigenvalue weighted by Gasteiger charge is 2.04. The molecule has 1 heterocycles. The number of amides is 1. The van der Waals surface area contributed by atoms with E-state index in [9.17, 15) is 4.79 Å². The zero-order valence-corrected chi connectivity index (χ0v) is 8.00. The van der Waals surface area contributed by atoms with Gasteiger partial charge in [0.15, 0.2) is 0 Å². The number of aromatic nitrogens is 2. The lowest BCUT2D eigenvalue weighted by Crippen LogP contribution is -2.19. The van der Waals surface area contributed by atoms with Gasteiger partial charge in [-0.25, -0.2) is 4.68 Å². The van der Waals surface area contributed by atoms with E-state index in [0.717, 1.165) is 5.69 Å².